The van der Waals surface area contributed by atoms with Gasteiger partial charge in [0.15, 0.2) is 11.5 Å². The average Bonchev–Trinajstić information content (AvgIpc) is 3.31. The maximum atomic E-state index is 12.3. The molecule has 1 amide bonds. The monoisotopic (exact) mass is 456 g/mol. The van der Waals surface area contributed by atoms with Crippen molar-refractivity contribution in [3.63, 3.8) is 0 Å². The molecule has 12 nitrogen and oxygen atoms in total. The Balaban J connectivity index is 1.67. The Labute approximate surface area is 190 Å². The summed E-state index contributed by atoms with van der Waals surface area (Å²) in [5.74, 6) is 2.50. The molecule has 174 valence electrons. The highest BCUT2D eigenvalue weighted by Crippen LogP contribution is 2.33. The van der Waals surface area contributed by atoms with E-state index in [1.807, 2.05) is 0 Å². The van der Waals surface area contributed by atoms with Crippen LogP contribution >= 0.6 is 0 Å². The van der Waals surface area contributed by atoms with E-state index in [2.05, 4.69) is 25.9 Å². The topological polar surface area (TPSA) is 131 Å². The van der Waals surface area contributed by atoms with Gasteiger partial charge in [-0.15, -0.1) is 10.2 Å². The molecule has 0 aliphatic carbocycles. The predicted molar refractivity (Wildman–Crippen MR) is 118 cm³/mol. The number of benzene rings is 2. The maximum absolute atomic E-state index is 12.3. The van der Waals surface area contributed by atoms with Gasteiger partial charge in [-0.25, -0.2) is 5.43 Å². The van der Waals surface area contributed by atoms with Crippen molar-refractivity contribution in [2.45, 2.75) is 6.54 Å². The number of aromatic nitrogens is 4. The van der Waals surface area contributed by atoms with E-state index >= 15 is 0 Å². The number of hydrogen-bond acceptors (Lipinski definition) is 10. The van der Waals surface area contributed by atoms with Crippen LogP contribution in [-0.2, 0) is 11.3 Å². The molecule has 33 heavy (non-hydrogen) atoms. The minimum absolute atomic E-state index is 0.186. The summed E-state index contributed by atoms with van der Waals surface area (Å²) >= 11 is 0. The zero-order valence-corrected chi connectivity index (χ0v) is 18.9. The van der Waals surface area contributed by atoms with Crippen molar-refractivity contribution >= 4 is 12.1 Å². The Bertz CT molecular complexity index is 1120. The molecule has 3 aromatic rings. The van der Waals surface area contributed by atoms with Crippen LogP contribution in [0, 0.1) is 0 Å². The second-order valence-electron chi connectivity index (χ2n) is 6.45. The number of tetrazole rings is 1. The lowest BCUT2D eigenvalue weighted by molar-refractivity contribution is -0.122. The van der Waals surface area contributed by atoms with E-state index in [1.165, 1.54) is 34.7 Å². The molecule has 2 aromatic carbocycles. The van der Waals surface area contributed by atoms with Crippen molar-refractivity contribution in [2.75, 3.05) is 35.5 Å². The molecule has 0 saturated carbocycles. The van der Waals surface area contributed by atoms with Crippen LogP contribution < -0.4 is 29.1 Å². The summed E-state index contributed by atoms with van der Waals surface area (Å²) in [5.41, 5.74) is 3.62. The Morgan fingerprint density at radius 2 is 1.61 bits per heavy atom. The lowest BCUT2D eigenvalue weighted by Crippen LogP contribution is -2.24. The molecule has 0 aliphatic rings. The van der Waals surface area contributed by atoms with Gasteiger partial charge in [-0.1, -0.05) is 0 Å². The number of nitrogens with one attached hydrogen (secondary N) is 1. The first-order valence-corrected chi connectivity index (χ1v) is 9.65. The van der Waals surface area contributed by atoms with E-state index in [-0.39, 0.29) is 6.54 Å². The largest absolute Gasteiger partial charge is 0.496 e. The van der Waals surface area contributed by atoms with Gasteiger partial charge in [0, 0.05) is 17.7 Å². The molecule has 12 heteroatoms. The molecule has 0 atom stereocenters. The lowest BCUT2D eigenvalue weighted by atomic mass is 10.2. The number of nitrogens with zero attached hydrogens (tertiary/aromatic N) is 5. The molecular formula is C21H24N6O6. The summed E-state index contributed by atoms with van der Waals surface area (Å²) < 4.78 is 26.4. The number of amides is 1. The first kappa shape index (κ1) is 23.3. The second kappa shape index (κ2) is 10.8. The van der Waals surface area contributed by atoms with E-state index in [9.17, 15) is 4.79 Å². The van der Waals surface area contributed by atoms with Crippen molar-refractivity contribution in [2.24, 2.45) is 5.10 Å². The van der Waals surface area contributed by atoms with Crippen molar-refractivity contribution in [1.82, 2.24) is 25.6 Å². The Morgan fingerprint density at radius 1 is 0.939 bits per heavy atom. The molecule has 0 radical (unpaired) electrons. The molecule has 0 saturated heterocycles. The van der Waals surface area contributed by atoms with Crippen LogP contribution in [0.15, 0.2) is 35.4 Å². The number of carbonyl (C=O) groups is 1. The summed E-state index contributed by atoms with van der Waals surface area (Å²) in [4.78, 5) is 13.4. The molecule has 0 unspecified atom stereocenters. The zero-order valence-electron chi connectivity index (χ0n) is 18.9. The molecular weight excluding hydrogens is 432 g/mol. The van der Waals surface area contributed by atoms with Crippen LogP contribution in [0.3, 0.4) is 0 Å². The number of ether oxygens (including phenoxy) is 5. The van der Waals surface area contributed by atoms with E-state index in [0.717, 1.165) is 4.80 Å². The van der Waals surface area contributed by atoms with Gasteiger partial charge in [0.25, 0.3) is 5.91 Å². The highest BCUT2D eigenvalue weighted by Gasteiger charge is 2.13. The van der Waals surface area contributed by atoms with Gasteiger partial charge in [0.05, 0.1) is 47.3 Å². The van der Waals surface area contributed by atoms with Gasteiger partial charge in [-0.2, -0.15) is 9.90 Å². The molecule has 0 fully saturated rings. The van der Waals surface area contributed by atoms with Crippen molar-refractivity contribution in [3.05, 3.63) is 35.9 Å². The third-order valence-electron chi connectivity index (χ3n) is 4.52. The smallest absolute Gasteiger partial charge is 0.263 e. The molecule has 1 heterocycles. The molecule has 1 N–H and O–H groups in total. The second-order valence-corrected chi connectivity index (χ2v) is 6.45. The Morgan fingerprint density at radius 3 is 2.21 bits per heavy atom. The normalized spacial score (nSPS) is 10.7. The van der Waals surface area contributed by atoms with Gasteiger partial charge in [0.1, 0.15) is 23.8 Å². The van der Waals surface area contributed by atoms with Gasteiger partial charge in [-0.3, -0.25) is 4.79 Å². The summed E-state index contributed by atoms with van der Waals surface area (Å²) in [6.07, 6.45) is 1.42. The molecule has 3 rings (SSSR count). The van der Waals surface area contributed by atoms with E-state index < -0.39 is 5.91 Å². The SMILES string of the molecule is COc1cc(OC)c(/C=N/NC(=O)Cn2nnc(-c3ccc(OC)c(OC)c3)n2)c(OC)c1. The summed E-state index contributed by atoms with van der Waals surface area (Å²) in [6.45, 7) is -0.186. The van der Waals surface area contributed by atoms with Crippen LogP contribution in [0.25, 0.3) is 11.4 Å². The van der Waals surface area contributed by atoms with Crippen LogP contribution in [0.4, 0.5) is 0 Å². The van der Waals surface area contributed by atoms with Crippen molar-refractivity contribution in [3.8, 4) is 40.1 Å². The van der Waals surface area contributed by atoms with Crippen LogP contribution in [0.1, 0.15) is 5.56 Å². The number of carbonyl (C=O) groups excluding carboxylic acids is 1. The fraction of sp³-hybridized carbons (Fsp3) is 0.286. The minimum Gasteiger partial charge on any atom is -0.496 e. The fourth-order valence-corrected chi connectivity index (χ4v) is 2.89. The number of hydrazone groups is 1. The average molecular weight is 456 g/mol. The van der Waals surface area contributed by atoms with Crippen LogP contribution in [0.2, 0.25) is 0 Å². The van der Waals surface area contributed by atoms with Gasteiger partial charge < -0.3 is 23.7 Å². The highest BCUT2D eigenvalue weighted by atomic mass is 16.5. The third kappa shape index (κ3) is 5.47. The van der Waals surface area contributed by atoms with Gasteiger partial charge in [-0.05, 0) is 23.4 Å². The van der Waals surface area contributed by atoms with Gasteiger partial charge in [0.2, 0.25) is 5.82 Å². The van der Waals surface area contributed by atoms with Crippen molar-refractivity contribution in [1.29, 1.82) is 0 Å². The molecule has 0 bridgehead atoms. The Hall–Kier alpha value is -4.35. The van der Waals surface area contributed by atoms with E-state index in [1.54, 1.807) is 37.4 Å². The van der Waals surface area contributed by atoms with Gasteiger partial charge >= 0.3 is 0 Å². The van der Waals surface area contributed by atoms with Crippen LogP contribution in [-0.4, -0.2) is 67.9 Å². The lowest BCUT2D eigenvalue weighted by Gasteiger charge is -2.12. The summed E-state index contributed by atoms with van der Waals surface area (Å²) in [6, 6.07) is 8.59. The Kier molecular flexibility index (Phi) is 7.63. The first-order chi connectivity index (χ1) is 16.0. The van der Waals surface area contributed by atoms with Crippen LogP contribution in [0.5, 0.6) is 28.7 Å². The molecule has 0 aliphatic heterocycles. The van der Waals surface area contributed by atoms with E-state index in [4.69, 9.17) is 23.7 Å². The number of methoxy groups -OCH3 is 5. The molecule has 0 spiro atoms. The maximum Gasteiger partial charge on any atom is 0.263 e. The van der Waals surface area contributed by atoms with E-state index in [0.29, 0.717) is 45.7 Å². The summed E-state index contributed by atoms with van der Waals surface area (Å²) in [7, 11) is 7.64. The molecule has 1 aromatic heterocycles. The quantitative estimate of drug-likeness (QED) is 0.356. The minimum atomic E-state index is -0.450. The predicted octanol–water partition coefficient (Wildman–Crippen LogP) is 1.53. The highest BCUT2D eigenvalue weighted by molar-refractivity contribution is 5.89. The standard InChI is InChI=1S/C21H24N6O6/c1-29-14-9-17(31-3)15(18(10-14)32-4)11-22-23-20(28)12-27-25-21(24-26-27)13-6-7-16(30-2)19(8-13)33-5/h6-11H,12H2,1-5H3,(H,23,28)/b22-11+. The number of rotatable bonds is 10. The first-order valence-electron chi connectivity index (χ1n) is 9.65. The summed E-state index contributed by atoms with van der Waals surface area (Å²) in [5, 5.41) is 16.1. The fourth-order valence-electron chi connectivity index (χ4n) is 2.89. The third-order valence-corrected chi connectivity index (χ3v) is 4.52. The zero-order chi connectivity index (χ0) is 23.8. The van der Waals surface area contributed by atoms with Crippen molar-refractivity contribution < 1.29 is 28.5 Å². The number of hydrogen-bond donors (Lipinski definition) is 1.